The fourth-order valence-electron chi connectivity index (χ4n) is 0.629. The van der Waals surface area contributed by atoms with Crippen LogP contribution in [0.2, 0.25) is 0 Å². The van der Waals surface area contributed by atoms with Crippen LogP contribution in [-0.4, -0.2) is 5.50 Å². The Bertz CT molecular complexity index is 59.1. The summed E-state index contributed by atoms with van der Waals surface area (Å²) in [7, 11) is 0. The second-order valence-corrected chi connectivity index (χ2v) is 2.67. The molecule has 0 nitrogen and oxygen atoms in total. The van der Waals surface area contributed by atoms with Gasteiger partial charge in [0.05, 0.1) is 0 Å². The smallest absolute Gasteiger partial charge is 0.143 e. The van der Waals surface area contributed by atoms with E-state index in [1.54, 1.807) is 0 Å². The molecule has 0 unspecified atom stereocenters. The van der Waals surface area contributed by atoms with Crippen molar-refractivity contribution in [3.8, 4) is 0 Å². The van der Waals surface area contributed by atoms with Crippen LogP contribution in [-0.2, 0) is 0 Å². The van der Waals surface area contributed by atoms with E-state index in [0.29, 0.717) is 12.3 Å². The molecule has 0 aromatic heterocycles. The number of alkyl halides is 1. The third-order valence-electron chi connectivity index (χ3n) is 1.22. The Labute approximate surface area is 48.5 Å². The Balaban J connectivity index is 1.97. The molecule has 0 heterocycles. The Morgan fingerprint density at radius 1 is 1.71 bits per heavy atom. The van der Waals surface area contributed by atoms with Crippen LogP contribution in [0.3, 0.4) is 0 Å². The molecular formula is C5H9FS. The van der Waals surface area contributed by atoms with E-state index >= 15 is 0 Å². The molecule has 0 saturated heterocycles. The van der Waals surface area contributed by atoms with Crippen LogP contribution in [0.5, 0.6) is 0 Å². The lowest BCUT2D eigenvalue weighted by atomic mass is 10.3. The van der Waals surface area contributed by atoms with E-state index < -0.39 is 5.50 Å². The second kappa shape index (κ2) is 2.03. The summed E-state index contributed by atoms with van der Waals surface area (Å²) in [4.78, 5) is 0. The van der Waals surface area contributed by atoms with Crippen LogP contribution in [0.4, 0.5) is 4.39 Å². The number of hydrogen-bond acceptors (Lipinski definition) is 1. The zero-order valence-corrected chi connectivity index (χ0v) is 5.00. The predicted octanol–water partition coefficient (Wildman–Crippen LogP) is 2.01. The normalized spacial score (nSPS) is 24.9. The lowest BCUT2D eigenvalue weighted by Crippen LogP contribution is -1.87. The first kappa shape index (κ1) is 5.42. The molecule has 1 saturated carbocycles. The van der Waals surface area contributed by atoms with E-state index in [1.165, 1.54) is 12.8 Å². The van der Waals surface area contributed by atoms with Crippen molar-refractivity contribution in [1.82, 2.24) is 0 Å². The van der Waals surface area contributed by atoms with Crippen molar-refractivity contribution in [2.24, 2.45) is 5.92 Å². The molecule has 7 heavy (non-hydrogen) atoms. The van der Waals surface area contributed by atoms with Crippen LogP contribution in [0.15, 0.2) is 0 Å². The summed E-state index contributed by atoms with van der Waals surface area (Å²) in [5, 5.41) is 0. The van der Waals surface area contributed by atoms with Crippen LogP contribution < -0.4 is 0 Å². The average Bonchev–Trinajstić information content (AvgIpc) is 2.17. The standard InChI is InChI=1S/C5H9FS/c6-5(7)3-4-1-2-4/h4-5,7H,1-3H2/t5-/m0/s1. The first-order chi connectivity index (χ1) is 3.29. The van der Waals surface area contributed by atoms with E-state index in [2.05, 4.69) is 12.6 Å². The molecule has 0 amide bonds. The van der Waals surface area contributed by atoms with E-state index in [1.807, 2.05) is 0 Å². The van der Waals surface area contributed by atoms with Gasteiger partial charge >= 0.3 is 0 Å². The topological polar surface area (TPSA) is 0 Å². The summed E-state index contributed by atoms with van der Waals surface area (Å²) in [6.45, 7) is 0. The maximum absolute atomic E-state index is 11.9. The van der Waals surface area contributed by atoms with Crippen molar-refractivity contribution in [3.63, 3.8) is 0 Å². The third kappa shape index (κ3) is 2.17. The van der Waals surface area contributed by atoms with Gasteiger partial charge in [-0.15, -0.1) is 12.6 Å². The van der Waals surface area contributed by atoms with Gasteiger partial charge in [0, 0.05) is 0 Å². The minimum absolute atomic E-state index is 0.670. The monoisotopic (exact) mass is 120 g/mol. The Kier molecular flexibility index (Phi) is 1.57. The highest BCUT2D eigenvalue weighted by atomic mass is 32.1. The van der Waals surface area contributed by atoms with Gasteiger partial charge in [-0.3, -0.25) is 0 Å². The fraction of sp³-hybridized carbons (Fsp3) is 1.00. The highest BCUT2D eigenvalue weighted by Gasteiger charge is 2.23. The van der Waals surface area contributed by atoms with Crippen molar-refractivity contribution >= 4 is 12.6 Å². The second-order valence-electron chi connectivity index (χ2n) is 2.11. The number of rotatable bonds is 2. The minimum atomic E-state index is -0.868. The molecule has 1 rings (SSSR count). The molecule has 1 aliphatic rings. The molecule has 0 N–H and O–H groups in total. The van der Waals surface area contributed by atoms with Crippen LogP contribution in [0, 0.1) is 5.92 Å². The van der Waals surface area contributed by atoms with Gasteiger partial charge in [0.25, 0.3) is 0 Å². The highest BCUT2D eigenvalue weighted by Crippen LogP contribution is 2.34. The quantitative estimate of drug-likeness (QED) is 0.529. The molecule has 1 aliphatic carbocycles. The van der Waals surface area contributed by atoms with E-state index in [-0.39, 0.29) is 0 Å². The molecule has 0 aromatic rings. The van der Waals surface area contributed by atoms with Gasteiger partial charge in [-0.05, 0) is 12.3 Å². The fourth-order valence-corrected chi connectivity index (χ4v) is 0.927. The number of thiol groups is 1. The van der Waals surface area contributed by atoms with Crippen LogP contribution in [0.25, 0.3) is 0 Å². The van der Waals surface area contributed by atoms with Gasteiger partial charge in [0.1, 0.15) is 5.50 Å². The molecule has 42 valence electrons. The van der Waals surface area contributed by atoms with Crippen molar-refractivity contribution in [1.29, 1.82) is 0 Å². The molecule has 2 heteroatoms. The van der Waals surface area contributed by atoms with Gasteiger partial charge < -0.3 is 0 Å². The molecule has 0 bridgehead atoms. The number of halogens is 1. The minimum Gasteiger partial charge on any atom is -0.236 e. The Morgan fingerprint density at radius 2 is 2.29 bits per heavy atom. The first-order valence-electron chi connectivity index (χ1n) is 2.61. The highest BCUT2D eigenvalue weighted by molar-refractivity contribution is 7.80. The summed E-state index contributed by atoms with van der Waals surface area (Å²) in [6.07, 6.45) is 3.12. The summed E-state index contributed by atoms with van der Waals surface area (Å²) >= 11 is 3.61. The summed E-state index contributed by atoms with van der Waals surface area (Å²) < 4.78 is 11.9. The van der Waals surface area contributed by atoms with Crippen LogP contribution in [0.1, 0.15) is 19.3 Å². The van der Waals surface area contributed by atoms with Crippen molar-refractivity contribution in [3.05, 3.63) is 0 Å². The van der Waals surface area contributed by atoms with E-state index in [9.17, 15) is 4.39 Å². The molecule has 1 atom stereocenters. The lowest BCUT2D eigenvalue weighted by molar-refractivity contribution is 0.415. The average molecular weight is 120 g/mol. The first-order valence-corrected chi connectivity index (χ1v) is 3.13. The Morgan fingerprint density at radius 3 is 2.43 bits per heavy atom. The predicted molar refractivity (Wildman–Crippen MR) is 31.2 cm³/mol. The van der Waals surface area contributed by atoms with Gasteiger partial charge in [0.2, 0.25) is 0 Å². The Hall–Kier alpha value is 0.280. The SMILES string of the molecule is F[C@@H](S)CC1CC1. The molecule has 0 aromatic carbocycles. The molecule has 1 fully saturated rings. The summed E-state index contributed by atoms with van der Waals surface area (Å²) in [5.41, 5.74) is -0.868. The zero-order valence-electron chi connectivity index (χ0n) is 4.10. The number of hydrogen-bond donors (Lipinski definition) is 1. The van der Waals surface area contributed by atoms with Crippen molar-refractivity contribution in [2.45, 2.75) is 24.8 Å². The lowest BCUT2D eigenvalue weighted by Gasteiger charge is -1.93. The van der Waals surface area contributed by atoms with Gasteiger partial charge in [-0.2, -0.15) is 0 Å². The van der Waals surface area contributed by atoms with Gasteiger partial charge in [-0.1, -0.05) is 12.8 Å². The van der Waals surface area contributed by atoms with Crippen LogP contribution >= 0.6 is 12.6 Å². The van der Waals surface area contributed by atoms with Gasteiger partial charge in [-0.25, -0.2) is 4.39 Å². The maximum atomic E-state index is 11.9. The van der Waals surface area contributed by atoms with Crippen molar-refractivity contribution in [2.75, 3.05) is 0 Å². The molecule has 0 spiro atoms. The summed E-state index contributed by atoms with van der Waals surface area (Å²) in [5.74, 6) is 0.674. The molecule has 0 aliphatic heterocycles. The summed E-state index contributed by atoms with van der Waals surface area (Å²) in [6, 6.07) is 0. The molecular weight excluding hydrogens is 111 g/mol. The van der Waals surface area contributed by atoms with Crippen molar-refractivity contribution < 1.29 is 4.39 Å². The van der Waals surface area contributed by atoms with E-state index in [0.717, 1.165) is 0 Å². The van der Waals surface area contributed by atoms with E-state index in [4.69, 9.17) is 0 Å². The third-order valence-corrected chi connectivity index (χ3v) is 1.44. The van der Waals surface area contributed by atoms with Gasteiger partial charge in [0.15, 0.2) is 0 Å². The molecule has 0 radical (unpaired) electrons. The maximum Gasteiger partial charge on any atom is 0.143 e. The zero-order chi connectivity index (χ0) is 5.28. The largest absolute Gasteiger partial charge is 0.236 e.